The Balaban J connectivity index is 2.13. The Morgan fingerprint density at radius 3 is 3.06 bits per heavy atom. The second-order valence-corrected chi connectivity index (χ2v) is 4.15. The van der Waals surface area contributed by atoms with Gasteiger partial charge >= 0.3 is 5.97 Å². The van der Waals surface area contributed by atoms with Gasteiger partial charge in [0.25, 0.3) is 0 Å². The first kappa shape index (κ1) is 10.8. The molecule has 0 atom stereocenters. The van der Waals surface area contributed by atoms with Crippen LogP contribution in [0, 0.1) is 0 Å². The molecule has 3 rings (SSSR count). The second kappa shape index (κ2) is 4.14. The van der Waals surface area contributed by atoms with Crippen molar-refractivity contribution in [2.45, 2.75) is 6.42 Å². The first-order valence-electron chi connectivity index (χ1n) is 5.69. The first-order chi connectivity index (χ1) is 8.75. The number of ether oxygens (including phenoxy) is 1. The van der Waals surface area contributed by atoms with Crippen LogP contribution >= 0.6 is 0 Å². The van der Waals surface area contributed by atoms with Crippen LogP contribution in [0.3, 0.4) is 0 Å². The summed E-state index contributed by atoms with van der Waals surface area (Å²) in [5.74, 6) is -0.0699. The number of carboxylic acids is 1. The average molecular weight is 241 g/mol. The molecule has 90 valence electrons. The van der Waals surface area contributed by atoms with Crippen molar-refractivity contribution in [3.8, 4) is 16.9 Å². The van der Waals surface area contributed by atoms with Crippen LogP contribution in [0.25, 0.3) is 11.1 Å². The molecule has 1 aromatic carbocycles. The highest BCUT2D eigenvalue weighted by molar-refractivity contribution is 5.95. The summed E-state index contributed by atoms with van der Waals surface area (Å²) in [6, 6.07) is 7.49. The number of benzene rings is 1. The quantitative estimate of drug-likeness (QED) is 0.876. The zero-order valence-corrected chi connectivity index (χ0v) is 9.59. The zero-order chi connectivity index (χ0) is 12.5. The van der Waals surface area contributed by atoms with Gasteiger partial charge in [0, 0.05) is 18.8 Å². The smallest absolute Gasteiger partial charge is 0.337 e. The number of aromatic carboxylic acids is 1. The molecule has 0 amide bonds. The molecule has 0 spiro atoms. The van der Waals surface area contributed by atoms with Crippen molar-refractivity contribution >= 4 is 5.97 Å². The molecule has 1 aliphatic heterocycles. The van der Waals surface area contributed by atoms with Crippen molar-refractivity contribution in [1.82, 2.24) is 4.98 Å². The normalized spacial score (nSPS) is 12.9. The van der Waals surface area contributed by atoms with Crippen LogP contribution in [0.5, 0.6) is 5.75 Å². The lowest BCUT2D eigenvalue weighted by Gasteiger charge is -2.07. The molecule has 4 nitrogen and oxygen atoms in total. The minimum atomic E-state index is -0.963. The Bertz CT molecular complexity index is 622. The van der Waals surface area contributed by atoms with Gasteiger partial charge in [-0.25, -0.2) is 4.79 Å². The maximum absolute atomic E-state index is 11.2. The first-order valence-corrected chi connectivity index (χ1v) is 5.69. The molecule has 0 aliphatic carbocycles. The molecular weight excluding hydrogens is 230 g/mol. The molecule has 4 heteroatoms. The molecule has 0 radical (unpaired) electrons. The van der Waals surface area contributed by atoms with E-state index in [1.165, 1.54) is 6.20 Å². The molecule has 1 aromatic heterocycles. The summed E-state index contributed by atoms with van der Waals surface area (Å²) in [4.78, 5) is 15.0. The van der Waals surface area contributed by atoms with E-state index in [1.54, 1.807) is 12.3 Å². The summed E-state index contributed by atoms with van der Waals surface area (Å²) in [6.45, 7) is 0.695. The molecule has 0 unspecified atom stereocenters. The number of pyridine rings is 1. The largest absolute Gasteiger partial charge is 0.493 e. The number of rotatable bonds is 2. The predicted molar refractivity (Wildman–Crippen MR) is 65.8 cm³/mol. The van der Waals surface area contributed by atoms with E-state index in [4.69, 9.17) is 9.84 Å². The fourth-order valence-corrected chi connectivity index (χ4v) is 2.17. The van der Waals surface area contributed by atoms with Crippen LogP contribution < -0.4 is 4.74 Å². The summed E-state index contributed by atoms with van der Waals surface area (Å²) < 4.78 is 5.44. The van der Waals surface area contributed by atoms with Crippen LogP contribution in [0.15, 0.2) is 36.7 Å². The lowest BCUT2D eigenvalue weighted by Crippen LogP contribution is -2.00. The fourth-order valence-electron chi connectivity index (χ4n) is 2.17. The lowest BCUT2D eigenvalue weighted by atomic mass is 9.99. The summed E-state index contributed by atoms with van der Waals surface area (Å²) in [6.07, 6.45) is 3.85. The van der Waals surface area contributed by atoms with Gasteiger partial charge < -0.3 is 9.84 Å². The summed E-state index contributed by atoms with van der Waals surface area (Å²) in [5, 5.41) is 9.16. The third-order valence-electron chi connectivity index (χ3n) is 3.05. The maximum Gasteiger partial charge on any atom is 0.337 e. The van der Waals surface area contributed by atoms with Crippen molar-refractivity contribution in [3.63, 3.8) is 0 Å². The molecule has 0 saturated heterocycles. The summed E-state index contributed by atoms with van der Waals surface area (Å²) in [7, 11) is 0. The van der Waals surface area contributed by atoms with Gasteiger partial charge in [-0.1, -0.05) is 6.07 Å². The van der Waals surface area contributed by atoms with Gasteiger partial charge in [-0.2, -0.15) is 0 Å². The molecular formula is C14H11NO3. The minimum Gasteiger partial charge on any atom is -0.493 e. The van der Waals surface area contributed by atoms with Gasteiger partial charge in [-0.15, -0.1) is 0 Å². The number of aromatic nitrogens is 1. The van der Waals surface area contributed by atoms with Crippen LogP contribution in [-0.2, 0) is 6.42 Å². The highest BCUT2D eigenvalue weighted by Crippen LogP contribution is 2.31. The maximum atomic E-state index is 11.2. The van der Waals surface area contributed by atoms with Gasteiger partial charge in [0.15, 0.2) is 0 Å². The molecule has 2 heterocycles. The summed E-state index contributed by atoms with van der Waals surface area (Å²) >= 11 is 0. The van der Waals surface area contributed by atoms with E-state index in [9.17, 15) is 4.79 Å². The van der Waals surface area contributed by atoms with Gasteiger partial charge in [0.2, 0.25) is 0 Å². The highest BCUT2D eigenvalue weighted by Gasteiger charge is 2.16. The molecule has 1 aliphatic rings. The number of carboxylic acid groups (broad SMARTS) is 1. The van der Waals surface area contributed by atoms with E-state index in [1.807, 2.05) is 18.2 Å². The number of nitrogens with zero attached hydrogens (tertiary/aromatic N) is 1. The average Bonchev–Trinajstić information content (AvgIpc) is 2.85. The predicted octanol–water partition coefficient (Wildman–Crippen LogP) is 2.38. The number of carbonyl (C=O) groups is 1. The van der Waals surface area contributed by atoms with Crippen LogP contribution in [0.2, 0.25) is 0 Å². The standard InChI is InChI=1S/C14H11NO3/c16-14(17)12-8-15-5-3-11(12)9-1-2-13-10(7-9)4-6-18-13/h1-3,5,7-8H,4,6H2,(H,16,17). The van der Waals surface area contributed by atoms with Crippen LogP contribution in [0.1, 0.15) is 15.9 Å². The van der Waals surface area contributed by atoms with Crippen molar-refractivity contribution in [2.24, 2.45) is 0 Å². The monoisotopic (exact) mass is 241 g/mol. The Morgan fingerprint density at radius 1 is 1.33 bits per heavy atom. The van der Waals surface area contributed by atoms with Crippen molar-refractivity contribution < 1.29 is 14.6 Å². The molecule has 0 fully saturated rings. The van der Waals surface area contributed by atoms with Gasteiger partial charge in [-0.3, -0.25) is 4.98 Å². The Morgan fingerprint density at radius 2 is 2.22 bits per heavy atom. The number of hydrogen-bond donors (Lipinski definition) is 1. The van der Waals surface area contributed by atoms with E-state index < -0.39 is 5.97 Å². The molecule has 0 saturated carbocycles. The lowest BCUT2D eigenvalue weighted by molar-refractivity contribution is 0.0697. The Hall–Kier alpha value is -2.36. The van der Waals surface area contributed by atoms with Gasteiger partial charge in [-0.05, 0) is 34.9 Å². The van der Waals surface area contributed by atoms with E-state index in [0.29, 0.717) is 12.2 Å². The highest BCUT2D eigenvalue weighted by atomic mass is 16.5. The van der Waals surface area contributed by atoms with Crippen molar-refractivity contribution in [1.29, 1.82) is 0 Å². The minimum absolute atomic E-state index is 0.219. The van der Waals surface area contributed by atoms with Gasteiger partial charge in [0.05, 0.1) is 12.2 Å². The van der Waals surface area contributed by atoms with E-state index >= 15 is 0 Å². The molecule has 18 heavy (non-hydrogen) atoms. The topological polar surface area (TPSA) is 59.4 Å². The van der Waals surface area contributed by atoms with Gasteiger partial charge in [0.1, 0.15) is 5.75 Å². The SMILES string of the molecule is O=C(O)c1cnccc1-c1ccc2c(c1)CCO2. The Kier molecular flexibility index (Phi) is 2.48. The molecule has 1 N–H and O–H groups in total. The summed E-state index contributed by atoms with van der Waals surface area (Å²) in [5.41, 5.74) is 2.92. The third-order valence-corrected chi connectivity index (χ3v) is 3.05. The van der Waals surface area contributed by atoms with E-state index in [2.05, 4.69) is 4.98 Å². The number of fused-ring (bicyclic) bond motifs is 1. The molecule has 2 aromatic rings. The molecule has 0 bridgehead atoms. The third kappa shape index (κ3) is 1.72. The van der Waals surface area contributed by atoms with E-state index in [-0.39, 0.29) is 5.56 Å². The van der Waals surface area contributed by atoms with Crippen LogP contribution in [-0.4, -0.2) is 22.7 Å². The Labute approximate surface area is 104 Å². The van der Waals surface area contributed by atoms with E-state index in [0.717, 1.165) is 23.3 Å². The number of hydrogen-bond acceptors (Lipinski definition) is 3. The second-order valence-electron chi connectivity index (χ2n) is 4.15. The van der Waals surface area contributed by atoms with Crippen LogP contribution in [0.4, 0.5) is 0 Å². The fraction of sp³-hybridized carbons (Fsp3) is 0.143. The zero-order valence-electron chi connectivity index (χ0n) is 9.59. The van der Waals surface area contributed by atoms with Crippen molar-refractivity contribution in [3.05, 3.63) is 47.8 Å². The van der Waals surface area contributed by atoms with Crippen molar-refractivity contribution in [2.75, 3.05) is 6.61 Å².